The summed E-state index contributed by atoms with van der Waals surface area (Å²) in [5.41, 5.74) is 3.88. The predicted molar refractivity (Wildman–Crippen MR) is 156 cm³/mol. The lowest BCUT2D eigenvalue weighted by Gasteiger charge is -2.41. The normalized spacial score (nSPS) is 24.1. The van der Waals surface area contributed by atoms with Crippen molar-refractivity contribution < 1.29 is 57.7 Å². The highest BCUT2D eigenvalue weighted by atomic mass is 16.8. The van der Waals surface area contributed by atoms with E-state index in [-0.39, 0.29) is 44.2 Å². The van der Waals surface area contributed by atoms with Crippen molar-refractivity contribution in [2.24, 2.45) is 0 Å². The molecule has 0 spiro atoms. The van der Waals surface area contributed by atoms with Crippen LogP contribution >= 0.6 is 0 Å². The lowest BCUT2D eigenvalue weighted by Crippen LogP contribution is -2.60. The summed E-state index contributed by atoms with van der Waals surface area (Å²) in [6.45, 7) is 9.07. The Bertz CT molecular complexity index is 1450. The van der Waals surface area contributed by atoms with Crippen molar-refractivity contribution in [2.75, 3.05) is 13.2 Å². The highest BCUT2D eigenvalue weighted by Crippen LogP contribution is 2.41. The van der Waals surface area contributed by atoms with Gasteiger partial charge in [0.15, 0.2) is 0 Å². The van der Waals surface area contributed by atoms with Crippen LogP contribution in [-0.2, 0) is 68.8 Å². The van der Waals surface area contributed by atoms with Gasteiger partial charge in [-0.15, -0.1) is 0 Å². The molecule has 3 saturated heterocycles. The molecule has 0 unspecified atom stereocenters. The van der Waals surface area contributed by atoms with Gasteiger partial charge in [-0.2, -0.15) is 0 Å². The van der Waals surface area contributed by atoms with Gasteiger partial charge in [-0.05, 0) is 47.0 Å². The number of aliphatic hydroxyl groups excluding tert-OH is 3. The van der Waals surface area contributed by atoms with Gasteiger partial charge in [-0.25, -0.2) is 9.59 Å². The zero-order chi connectivity index (χ0) is 31.6. The van der Waals surface area contributed by atoms with Gasteiger partial charge in [-0.1, -0.05) is 49.6 Å². The van der Waals surface area contributed by atoms with Crippen molar-refractivity contribution in [3.05, 3.63) is 83.0 Å². The van der Waals surface area contributed by atoms with Gasteiger partial charge in [0, 0.05) is 11.1 Å². The Morgan fingerprint density at radius 3 is 1.91 bits per heavy atom. The molecule has 0 amide bonds. The van der Waals surface area contributed by atoms with E-state index >= 15 is 0 Å². The number of carbonyl (C=O) groups is 2. The van der Waals surface area contributed by atoms with Crippen molar-refractivity contribution in [2.45, 2.75) is 64.4 Å². The molecule has 232 valence electrons. The molecule has 3 fully saturated rings. The summed E-state index contributed by atoms with van der Waals surface area (Å²) >= 11 is 0. The number of hydrogen-bond donors (Lipinski definition) is 3. The van der Waals surface area contributed by atoms with Crippen molar-refractivity contribution in [3.63, 3.8) is 0 Å². The highest BCUT2D eigenvalue weighted by Gasteiger charge is 2.64. The van der Waals surface area contributed by atoms with Gasteiger partial charge >= 0.3 is 26.2 Å². The van der Waals surface area contributed by atoms with Crippen LogP contribution in [0, 0.1) is 0 Å². The first-order valence-electron chi connectivity index (χ1n) is 14.1. The number of hydrogen-bond acceptors (Lipinski definition) is 12. The molecular formula is C30H34B2O12. The Hall–Kier alpha value is -3.33. The van der Waals surface area contributed by atoms with E-state index in [0.29, 0.717) is 33.2 Å². The van der Waals surface area contributed by atoms with Gasteiger partial charge in [0.2, 0.25) is 5.79 Å². The zero-order valence-corrected chi connectivity index (χ0v) is 24.5. The molecule has 3 aliphatic heterocycles. The molecule has 2 aromatic carbocycles. The molecule has 5 rings (SSSR count). The molecule has 0 saturated carbocycles. The predicted octanol–water partition coefficient (Wildman–Crippen LogP) is -0.0814. The maximum atomic E-state index is 11.9. The molecule has 4 atom stereocenters. The van der Waals surface area contributed by atoms with Crippen LogP contribution in [0.1, 0.15) is 36.1 Å². The van der Waals surface area contributed by atoms with E-state index in [2.05, 4.69) is 13.2 Å². The van der Waals surface area contributed by atoms with Gasteiger partial charge < -0.3 is 48.1 Å². The fourth-order valence-corrected chi connectivity index (χ4v) is 5.27. The van der Waals surface area contributed by atoms with Crippen LogP contribution in [0.5, 0.6) is 0 Å². The molecule has 3 heterocycles. The van der Waals surface area contributed by atoms with E-state index in [1.807, 2.05) is 0 Å². The van der Waals surface area contributed by atoms with Crippen molar-refractivity contribution in [1.82, 2.24) is 0 Å². The third kappa shape index (κ3) is 6.39. The molecule has 3 N–H and O–H groups in total. The Balaban J connectivity index is 1.36. The minimum Gasteiger partial charge on any atom is -0.457 e. The molecule has 44 heavy (non-hydrogen) atoms. The number of rotatable bonds is 11. The van der Waals surface area contributed by atoms with E-state index in [9.17, 15) is 24.9 Å². The van der Waals surface area contributed by atoms with Crippen molar-refractivity contribution in [1.29, 1.82) is 0 Å². The zero-order valence-electron chi connectivity index (χ0n) is 24.5. The number of benzene rings is 2. The largest absolute Gasteiger partial charge is 0.496 e. The number of carbonyl (C=O) groups excluding carboxylic acids is 2. The van der Waals surface area contributed by atoms with Crippen LogP contribution in [0.3, 0.4) is 0 Å². The van der Waals surface area contributed by atoms with Gasteiger partial charge in [0.05, 0.1) is 38.6 Å². The average molecular weight is 608 g/mol. The van der Waals surface area contributed by atoms with Gasteiger partial charge in [0.25, 0.3) is 0 Å². The fourth-order valence-electron chi connectivity index (χ4n) is 5.27. The summed E-state index contributed by atoms with van der Waals surface area (Å²) in [5.74, 6) is -2.64. The van der Waals surface area contributed by atoms with Crippen LogP contribution in [0.4, 0.5) is 0 Å². The summed E-state index contributed by atoms with van der Waals surface area (Å²) < 4.78 is 41.6. The van der Waals surface area contributed by atoms with Crippen LogP contribution < -0.4 is 10.9 Å². The Kier molecular flexibility index (Phi) is 9.73. The summed E-state index contributed by atoms with van der Waals surface area (Å²) in [6, 6.07) is 10.2. The van der Waals surface area contributed by atoms with Crippen molar-refractivity contribution in [3.8, 4) is 0 Å². The second-order valence-electron chi connectivity index (χ2n) is 11.0. The smallest absolute Gasteiger partial charge is 0.457 e. The second kappa shape index (κ2) is 13.3. The van der Waals surface area contributed by atoms with Crippen LogP contribution in [0.15, 0.2) is 60.7 Å². The first kappa shape index (κ1) is 32.1. The number of aliphatic hydroxyl groups is 3. The summed E-state index contributed by atoms with van der Waals surface area (Å²) in [5, 5.41) is 30.5. The Morgan fingerprint density at radius 1 is 0.864 bits per heavy atom. The highest BCUT2D eigenvalue weighted by molar-refractivity contribution is 6.63. The minimum atomic E-state index is -1.59. The molecular weight excluding hydrogens is 574 g/mol. The van der Waals surface area contributed by atoms with Gasteiger partial charge in [-0.3, -0.25) is 0 Å². The first-order valence-corrected chi connectivity index (χ1v) is 14.1. The molecule has 0 bridgehead atoms. The molecule has 3 aliphatic rings. The molecule has 0 aromatic heterocycles. The maximum Gasteiger partial charge on any atom is 0.496 e. The summed E-state index contributed by atoms with van der Waals surface area (Å²) in [4.78, 5) is 23.8. The van der Waals surface area contributed by atoms with Crippen LogP contribution in [0.2, 0.25) is 0 Å². The minimum absolute atomic E-state index is 0.0133. The molecule has 0 aliphatic carbocycles. The number of fused-ring (bicyclic) bond motifs is 3. The van der Waals surface area contributed by atoms with Gasteiger partial charge in [0.1, 0.15) is 19.3 Å². The standard InChI is InChI=1S/C30H34B2O12/c1-17(2)28(36)38-13-19-5-7-21(11-33)23(9-19)31-41-25-15-40-30(16-35)27(26(25)42-31)43-32(44-30)24-10-20(6-8-22(24)12-34)14-39-29(37)18(3)4/h5-10,25-27,33-35H,1,3,11-16H2,2,4H3/t25-,26-,27+,30+/m1/s1. The lowest BCUT2D eigenvalue weighted by atomic mass is 9.75. The molecule has 2 aromatic rings. The van der Waals surface area contributed by atoms with Crippen LogP contribution in [0.25, 0.3) is 0 Å². The first-order chi connectivity index (χ1) is 21.1. The topological polar surface area (TPSA) is 159 Å². The maximum absolute atomic E-state index is 11.9. The van der Waals surface area contributed by atoms with E-state index in [1.165, 1.54) is 0 Å². The number of esters is 2. The van der Waals surface area contributed by atoms with E-state index < -0.39 is 56.9 Å². The monoisotopic (exact) mass is 608 g/mol. The average Bonchev–Trinajstić information content (AvgIpc) is 3.64. The Labute approximate surface area is 255 Å². The second-order valence-corrected chi connectivity index (χ2v) is 11.0. The van der Waals surface area contributed by atoms with Crippen molar-refractivity contribution >= 4 is 37.1 Å². The van der Waals surface area contributed by atoms with E-state index in [4.69, 9.17) is 32.8 Å². The molecule has 0 radical (unpaired) electrons. The third-order valence-electron chi connectivity index (χ3n) is 7.67. The summed E-state index contributed by atoms with van der Waals surface area (Å²) in [7, 11) is -1.99. The van der Waals surface area contributed by atoms with E-state index in [1.54, 1.807) is 50.2 Å². The molecule has 14 heteroatoms. The third-order valence-corrected chi connectivity index (χ3v) is 7.67. The van der Waals surface area contributed by atoms with E-state index in [0.717, 1.165) is 0 Å². The van der Waals surface area contributed by atoms with Crippen LogP contribution in [-0.4, -0.2) is 78.8 Å². The lowest BCUT2D eigenvalue weighted by molar-refractivity contribution is -0.270. The molecule has 12 nitrogen and oxygen atoms in total. The quantitative estimate of drug-likeness (QED) is 0.177. The number of ether oxygens (including phenoxy) is 3. The SMILES string of the molecule is C=C(C)C(=O)OCc1ccc(CO)c(B2O[C@@H]3[C@@H](CO[C@@]4(CO)OB(c5cc(COC(=O)C(=C)C)ccc5CO)O[C@@H]34)O2)c1. The Morgan fingerprint density at radius 2 is 1.41 bits per heavy atom. The fraction of sp³-hybridized carbons (Fsp3) is 0.400. The summed E-state index contributed by atoms with van der Waals surface area (Å²) in [6.07, 6.45) is -2.27.